The number of pyridine rings is 1. The zero-order valence-electron chi connectivity index (χ0n) is 13.4. The first kappa shape index (κ1) is 16.6. The molecule has 0 fully saturated rings. The van der Waals surface area contributed by atoms with E-state index in [2.05, 4.69) is 4.98 Å². The Kier molecular flexibility index (Phi) is 4.70. The maximum absolute atomic E-state index is 13.2. The number of rotatable bonds is 5. The van der Waals surface area contributed by atoms with Crippen LogP contribution in [0.2, 0.25) is 0 Å². The largest absolute Gasteiger partial charge is 0.370 e. The second-order valence-electron chi connectivity index (χ2n) is 5.53. The lowest BCUT2D eigenvalue weighted by Gasteiger charge is -2.23. The number of nitrogens with zero attached hydrogens (tertiary/aromatic N) is 2. The Bertz CT molecular complexity index is 920. The zero-order chi connectivity index (χ0) is 17.8. The van der Waals surface area contributed by atoms with Crippen LogP contribution < -0.4 is 10.6 Å². The van der Waals surface area contributed by atoms with Crippen molar-refractivity contribution in [3.8, 4) is 0 Å². The summed E-state index contributed by atoms with van der Waals surface area (Å²) in [5, 5.41) is 0.709. The maximum Gasteiger partial charge on any atom is 0.259 e. The summed E-state index contributed by atoms with van der Waals surface area (Å²) in [4.78, 5) is 30.0. The van der Waals surface area contributed by atoms with Crippen molar-refractivity contribution in [1.29, 1.82) is 0 Å². The zero-order valence-corrected chi connectivity index (χ0v) is 13.4. The highest BCUT2D eigenvalue weighted by atomic mass is 19.1. The molecule has 1 aromatic heterocycles. The minimum absolute atomic E-state index is 0.00608. The van der Waals surface area contributed by atoms with Gasteiger partial charge in [0.05, 0.1) is 11.1 Å². The molecule has 2 N–H and O–H groups in total. The van der Waals surface area contributed by atoms with Gasteiger partial charge in [-0.3, -0.25) is 14.6 Å². The van der Waals surface area contributed by atoms with Crippen LogP contribution in [0.15, 0.2) is 60.8 Å². The fraction of sp³-hybridized carbons (Fsp3) is 0.105. The van der Waals surface area contributed by atoms with Gasteiger partial charge in [0.15, 0.2) is 0 Å². The number of nitrogens with two attached hydrogens (primary N) is 1. The highest BCUT2D eigenvalue weighted by Gasteiger charge is 2.20. The van der Waals surface area contributed by atoms with Crippen molar-refractivity contribution in [2.45, 2.75) is 6.42 Å². The van der Waals surface area contributed by atoms with Gasteiger partial charge in [0, 0.05) is 30.2 Å². The Morgan fingerprint density at radius 2 is 1.76 bits per heavy atom. The van der Waals surface area contributed by atoms with E-state index in [1.54, 1.807) is 12.3 Å². The lowest BCUT2D eigenvalue weighted by Crippen LogP contribution is -2.34. The third-order valence-electron chi connectivity index (χ3n) is 3.84. The molecule has 0 aliphatic rings. The number of hydrogen-bond acceptors (Lipinski definition) is 3. The van der Waals surface area contributed by atoms with Crippen molar-refractivity contribution >= 4 is 28.4 Å². The summed E-state index contributed by atoms with van der Waals surface area (Å²) in [6, 6.07) is 14.5. The summed E-state index contributed by atoms with van der Waals surface area (Å²) in [6.07, 6.45) is 1.57. The predicted octanol–water partition coefficient (Wildman–Crippen LogP) is 2.90. The van der Waals surface area contributed by atoms with Crippen LogP contribution in [-0.2, 0) is 4.79 Å². The number of hydrogen-bond donors (Lipinski definition) is 1. The third kappa shape index (κ3) is 3.63. The standard InChI is InChI=1S/C19H16FN3O2/c20-13-5-7-14(8-6-13)23(12-10-18(21)24)19(25)16-9-11-22-17-4-2-1-3-15(16)17/h1-9,11H,10,12H2,(H2,21,24). The van der Waals surface area contributed by atoms with E-state index in [-0.39, 0.29) is 18.9 Å². The van der Waals surface area contributed by atoms with Gasteiger partial charge < -0.3 is 10.6 Å². The highest BCUT2D eigenvalue weighted by molar-refractivity contribution is 6.13. The van der Waals surface area contributed by atoms with Crippen LogP contribution in [0.1, 0.15) is 16.8 Å². The Morgan fingerprint density at radius 1 is 1.04 bits per heavy atom. The molecule has 126 valence electrons. The van der Waals surface area contributed by atoms with Gasteiger partial charge in [-0.25, -0.2) is 4.39 Å². The molecule has 25 heavy (non-hydrogen) atoms. The highest BCUT2D eigenvalue weighted by Crippen LogP contribution is 2.22. The van der Waals surface area contributed by atoms with Crippen LogP contribution in [0.5, 0.6) is 0 Å². The molecule has 2 aromatic carbocycles. The minimum Gasteiger partial charge on any atom is -0.370 e. The Morgan fingerprint density at radius 3 is 2.48 bits per heavy atom. The molecule has 0 aliphatic carbocycles. The van der Waals surface area contributed by atoms with E-state index in [0.717, 1.165) is 0 Å². The van der Waals surface area contributed by atoms with E-state index in [4.69, 9.17) is 5.73 Å². The van der Waals surface area contributed by atoms with Crippen LogP contribution in [0.3, 0.4) is 0 Å². The number of para-hydroxylation sites is 1. The molecule has 0 spiro atoms. The normalized spacial score (nSPS) is 10.6. The first-order chi connectivity index (χ1) is 12.1. The summed E-state index contributed by atoms with van der Waals surface area (Å²) >= 11 is 0. The molecule has 2 amide bonds. The van der Waals surface area contributed by atoms with Gasteiger partial charge in [0.1, 0.15) is 5.82 Å². The number of carbonyl (C=O) groups is 2. The summed E-state index contributed by atoms with van der Waals surface area (Å²) in [7, 11) is 0. The van der Waals surface area contributed by atoms with Gasteiger partial charge in [-0.1, -0.05) is 18.2 Å². The van der Waals surface area contributed by atoms with Gasteiger partial charge in [0.25, 0.3) is 5.91 Å². The topological polar surface area (TPSA) is 76.3 Å². The van der Waals surface area contributed by atoms with Crippen molar-refractivity contribution in [2.24, 2.45) is 5.73 Å². The molecule has 0 bridgehead atoms. The number of carbonyl (C=O) groups excluding carboxylic acids is 2. The predicted molar refractivity (Wildman–Crippen MR) is 93.6 cm³/mol. The smallest absolute Gasteiger partial charge is 0.259 e. The molecule has 3 aromatic rings. The second-order valence-corrected chi connectivity index (χ2v) is 5.53. The molecular weight excluding hydrogens is 321 g/mol. The molecule has 0 saturated heterocycles. The fourth-order valence-electron chi connectivity index (χ4n) is 2.62. The molecular formula is C19H16FN3O2. The van der Waals surface area contributed by atoms with E-state index in [1.807, 2.05) is 24.3 Å². The molecule has 0 atom stereocenters. The Balaban J connectivity index is 2.03. The molecule has 6 heteroatoms. The number of halogens is 1. The maximum atomic E-state index is 13.2. The van der Waals surface area contributed by atoms with Crippen LogP contribution in [0, 0.1) is 5.82 Å². The van der Waals surface area contributed by atoms with Crippen molar-refractivity contribution in [3.05, 3.63) is 72.2 Å². The number of primary amides is 1. The molecule has 5 nitrogen and oxygen atoms in total. The molecule has 0 unspecified atom stereocenters. The SMILES string of the molecule is NC(=O)CCN(C(=O)c1ccnc2ccccc12)c1ccc(F)cc1. The van der Waals surface area contributed by atoms with Crippen LogP contribution >= 0.6 is 0 Å². The van der Waals surface area contributed by atoms with E-state index >= 15 is 0 Å². The van der Waals surface area contributed by atoms with Gasteiger partial charge >= 0.3 is 0 Å². The molecule has 3 rings (SSSR count). The fourth-order valence-corrected chi connectivity index (χ4v) is 2.62. The van der Waals surface area contributed by atoms with Crippen molar-refractivity contribution in [1.82, 2.24) is 4.98 Å². The van der Waals surface area contributed by atoms with Crippen LogP contribution in [-0.4, -0.2) is 23.3 Å². The van der Waals surface area contributed by atoms with E-state index in [1.165, 1.54) is 29.2 Å². The van der Waals surface area contributed by atoms with E-state index < -0.39 is 11.7 Å². The van der Waals surface area contributed by atoms with E-state index in [9.17, 15) is 14.0 Å². The van der Waals surface area contributed by atoms with Crippen molar-refractivity contribution < 1.29 is 14.0 Å². The van der Waals surface area contributed by atoms with E-state index in [0.29, 0.717) is 22.2 Å². The molecule has 0 radical (unpaired) electrons. The van der Waals surface area contributed by atoms with Gasteiger partial charge in [-0.15, -0.1) is 0 Å². The van der Waals surface area contributed by atoms with Gasteiger partial charge in [-0.2, -0.15) is 0 Å². The third-order valence-corrected chi connectivity index (χ3v) is 3.84. The number of amides is 2. The monoisotopic (exact) mass is 337 g/mol. The lowest BCUT2D eigenvalue weighted by atomic mass is 10.1. The average Bonchev–Trinajstić information content (AvgIpc) is 2.62. The van der Waals surface area contributed by atoms with Gasteiger partial charge in [0.2, 0.25) is 5.91 Å². The van der Waals surface area contributed by atoms with Crippen LogP contribution in [0.4, 0.5) is 10.1 Å². The Hall–Kier alpha value is -3.28. The number of fused-ring (bicyclic) bond motifs is 1. The summed E-state index contributed by atoms with van der Waals surface area (Å²) in [5.74, 6) is -1.22. The first-order valence-corrected chi connectivity index (χ1v) is 7.76. The Labute approximate surface area is 143 Å². The summed E-state index contributed by atoms with van der Waals surface area (Å²) in [5.41, 5.74) is 6.87. The molecule has 0 aliphatic heterocycles. The number of benzene rings is 2. The number of anilines is 1. The van der Waals surface area contributed by atoms with Crippen LogP contribution in [0.25, 0.3) is 10.9 Å². The van der Waals surface area contributed by atoms with Crippen molar-refractivity contribution in [3.63, 3.8) is 0 Å². The van der Waals surface area contributed by atoms with Gasteiger partial charge in [-0.05, 0) is 36.4 Å². The minimum atomic E-state index is -0.514. The second kappa shape index (κ2) is 7.09. The lowest BCUT2D eigenvalue weighted by molar-refractivity contribution is -0.117. The number of aromatic nitrogens is 1. The molecule has 1 heterocycles. The average molecular weight is 337 g/mol. The first-order valence-electron chi connectivity index (χ1n) is 7.76. The molecule has 0 saturated carbocycles. The van der Waals surface area contributed by atoms with Crippen molar-refractivity contribution in [2.75, 3.05) is 11.4 Å². The summed E-state index contributed by atoms with van der Waals surface area (Å²) in [6.45, 7) is 0.108. The summed E-state index contributed by atoms with van der Waals surface area (Å²) < 4.78 is 13.2. The quantitative estimate of drug-likeness (QED) is 0.778.